The molecular weight excluding hydrogens is 483 g/mol. The lowest BCUT2D eigenvalue weighted by atomic mass is 10.1. The van der Waals surface area contributed by atoms with Crippen molar-refractivity contribution in [1.29, 1.82) is 0 Å². The first-order chi connectivity index (χ1) is 17.9. The minimum Gasteiger partial charge on any atom is -0.442 e. The third-order valence-electron chi connectivity index (χ3n) is 5.92. The molecule has 2 aliphatic rings. The van der Waals surface area contributed by atoms with Crippen LogP contribution in [0.25, 0.3) is 16.8 Å². The highest BCUT2D eigenvalue weighted by atomic mass is 19.1. The number of pyridine rings is 1. The largest absolute Gasteiger partial charge is 0.442 e. The third-order valence-corrected chi connectivity index (χ3v) is 5.92. The van der Waals surface area contributed by atoms with Crippen molar-refractivity contribution in [2.24, 2.45) is 5.73 Å². The molecule has 37 heavy (non-hydrogen) atoms. The van der Waals surface area contributed by atoms with E-state index in [1.54, 1.807) is 60.5 Å². The second-order valence-electron chi connectivity index (χ2n) is 8.71. The summed E-state index contributed by atoms with van der Waals surface area (Å²) in [6.07, 6.45) is 5.23. The molecule has 12 nitrogen and oxygen atoms in total. The molecule has 1 aromatic carbocycles. The number of hydrogen-bond acceptors (Lipinski definition) is 9. The van der Waals surface area contributed by atoms with E-state index in [1.165, 1.54) is 11.0 Å². The molecule has 0 bridgehead atoms. The first-order valence-electron chi connectivity index (χ1n) is 11.6. The molecule has 4 heterocycles. The molecule has 2 amide bonds. The molecule has 0 aliphatic carbocycles. The summed E-state index contributed by atoms with van der Waals surface area (Å²) in [5.41, 5.74) is 10.9. The molecule has 0 saturated carbocycles. The van der Waals surface area contributed by atoms with Crippen LogP contribution >= 0.6 is 0 Å². The van der Waals surface area contributed by atoms with Crippen molar-refractivity contribution in [1.82, 2.24) is 30.8 Å². The summed E-state index contributed by atoms with van der Waals surface area (Å²) in [5.74, 6) is -0.764. The maximum atomic E-state index is 15.1. The molecule has 0 radical (unpaired) electrons. The van der Waals surface area contributed by atoms with Crippen molar-refractivity contribution in [3.8, 4) is 11.1 Å². The number of anilines is 1. The molecule has 1 saturated heterocycles. The minimum absolute atomic E-state index is 0.262. The summed E-state index contributed by atoms with van der Waals surface area (Å²) in [4.78, 5) is 35.2. The van der Waals surface area contributed by atoms with Gasteiger partial charge in [0.2, 0.25) is 5.91 Å². The van der Waals surface area contributed by atoms with Gasteiger partial charge < -0.3 is 15.8 Å². The smallest absolute Gasteiger partial charge is 0.414 e. The summed E-state index contributed by atoms with van der Waals surface area (Å²) in [5, 5.41) is 10.3. The second-order valence-corrected chi connectivity index (χ2v) is 8.71. The Hall–Kier alpha value is -4.36. The molecule has 2 aromatic heterocycles. The summed E-state index contributed by atoms with van der Waals surface area (Å²) >= 11 is 0. The number of hydroxylamine groups is 1. The normalized spacial score (nSPS) is 19.8. The van der Waals surface area contributed by atoms with Crippen LogP contribution in [-0.2, 0) is 20.9 Å². The van der Waals surface area contributed by atoms with Crippen LogP contribution in [0.3, 0.4) is 0 Å². The molecule has 4 N–H and O–H groups in total. The topological polar surface area (TPSA) is 150 Å². The third kappa shape index (κ3) is 5.42. The quantitative estimate of drug-likeness (QED) is 0.408. The molecule has 1 fully saturated rings. The van der Waals surface area contributed by atoms with E-state index < -0.39 is 24.1 Å². The van der Waals surface area contributed by atoms with Crippen LogP contribution in [0.15, 0.2) is 55.0 Å². The maximum Gasteiger partial charge on any atom is 0.414 e. The Kier molecular flexibility index (Phi) is 6.79. The molecule has 2 aliphatic heterocycles. The predicted molar refractivity (Wildman–Crippen MR) is 130 cm³/mol. The van der Waals surface area contributed by atoms with Gasteiger partial charge in [-0.1, -0.05) is 11.3 Å². The highest BCUT2D eigenvalue weighted by molar-refractivity contribution is 5.90. The average Bonchev–Trinajstić information content (AvgIpc) is 3.65. The van der Waals surface area contributed by atoms with Gasteiger partial charge in [-0.3, -0.25) is 25.0 Å². The number of carbonyl (C=O) groups excluding carboxylic acids is 2. The summed E-state index contributed by atoms with van der Waals surface area (Å²) in [6, 6.07) is 7.45. The summed E-state index contributed by atoms with van der Waals surface area (Å²) in [7, 11) is 0. The number of rotatable bonds is 8. The van der Waals surface area contributed by atoms with Crippen LogP contribution in [-0.4, -0.2) is 63.3 Å². The zero-order valence-corrected chi connectivity index (χ0v) is 19.9. The molecule has 192 valence electrons. The molecule has 3 atom stereocenters. The van der Waals surface area contributed by atoms with Gasteiger partial charge in [0, 0.05) is 23.5 Å². The van der Waals surface area contributed by atoms with Crippen LogP contribution in [0.5, 0.6) is 0 Å². The van der Waals surface area contributed by atoms with Crippen LogP contribution in [0.2, 0.25) is 0 Å². The van der Waals surface area contributed by atoms with Crippen molar-refractivity contribution in [2.45, 2.75) is 31.7 Å². The highest BCUT2D eigenvalue weighted by Crippen LogP contribution is 2.29. The number of halogens is 1. The second kappa shape index (κ2) is 10.3. The Morgan fingerprint density at radius 1 is 1.35 bits per heavy atom. The molecule has 5 rings (SSSR count). The van der Waals surface area contributed by atoms with E-state index >= 15 is 4.39 Å². The number of cyclic esters (lactones) is 1. The lowest BCUT2D eigenvalue weighted by molar-refractivity contribution is -0.122. The van der Waals surface area contributed by atoms with Crippen molar-refractivity contribution in [3.63, 3.8) is 0 Å². The predicted octanol–water partition coefficient (Wildman–Crippen LogP) is 1.21. The van der Waals surface area contributed by atoms with Crippen LogP contribution in [0.1, 0.15) is 12.6 Å². The lowest BCUT2D eigenvalue weighted by Crippen LogP contribution is -2.41. The molecule has 0 unspecified atom stereocenters. The number of nitrogens with two attached hydrogens (primary N) is 1. The van der Waals surface area contributed by atoms with Gasteiger partial charge in [-0.05, 0) is 37.3 Å². The standard InChI is InChI=1S/C24H25FN8O4/c1-14(26)23(34)28-11-17-9-22(30-37-17)21-5-2-15(10-27-21)19-4-3-16(8-20(19)25)33-13-18(36-24(33)35)12-32-7-6-29-31-32/h2-10,14,17-18,30H,11-13,26H2,1H3,(H,28,34)/t14-,17-,18-/m0/s1. The first kappa shape index (κ1) is 24.3. The monoisotopic (exact) mass is 508 g/mol. The molecule has 0 spiro atoms. The molecule has 13 heteroatoms. The van der Waals surface area contributed by atoms with Gasteiger partial charge >= 0.3 is 6.09 Å². The van der Waals surface area contributed by atoms with Gasteiger partial charge in [-0.2, -0.15) is 0 Å². The fourth-order valence-corrected chi connectivity index (χ4v) is 3.98. The number of amides is 2. The van der Waals surface area contributed by atoms with Gasteiger partial charge in [-0.15, -0.1) is 5.10 Å². The van der Waals surface area contributed by atoms with E-state index in [9.17, 15) is 9.59 Å². The van der Waals surface area contributed by atoms with Crippen LogP contribution in [0, 0.1) is 5.82 Å². The van der Waals surface area contributed by atoms with E-state index in [4.69, 9.17) is 15.3 Å². The maximum absolute atomic E-state index is 15.1. The van der Waals surface area contributed by atoms with E-state index in [1.807, 2.05) is 0 Å². The minimum atomic E-state index is -0.604. The van der Waals surface area contributed by atoms with E-state index in [0.29, 0.717) is 34.8 Å². The van der Waals surface area contributed by atoms with Gasteiger partial charge in [0.25, 0.3) is 0 Å². The van der Waals surface area contributed by atoms with Gasteiger partial charge in [0.05, 0.1) is 49.0 Å². The number of hydrogen-bond donors (Lipinski definition) is 3. The average molecular weight is 509 g/mol. The van der Waals surface area contributed by atoms with Crippen molar-refractivity contribution in [2.75, 3.05) is 18.0 Å². The van der Waals surface area contributed by atoms with Crippen molar-refractivity contribution >= 4 is 23.4 Å². The molecule has 3 aromatic rings. The fraction of sp³-hybridized carbons (Fsp3) is 0.292. The van der Waals surface area contributed by atoms with E-state index in [0.717, 1.165) is 0 Å². The zero-order chi connectivity index (χ0) is 25.9. The SMILES string of the molecule is C[C@H](N)C(=O)NC[C@@H]1C=C(c2ccc(-c3ccc(N4C[C@H](Cn5ccnn5)OC4=O)cc3F)cn2)NO1. The van der Waals surface area contributed by atoms with Crippen LogP contribution in [0.4, 0.5) is 14.9 Å². The fourth-order valence-electron chi connectivity index (χ4n) is 3.98. The Morgan fingerprint density at radius 2 is 2.22 bits per heavy atom. The summed E-state index contributed by atoms with van der Waals surface area (Å²) < 4.78 is 22.0. The number of nitrogens with zero attached hydrogens (tertiary/aromatic N) is 5. The van der Waals surface area contributed by atoms with Gasteiger partial charge in [0.1, 0.15) is 18.0 Å². The Morgan fingerprint density at radius 3 is 2.92 bits per heavy atom. The number of ether oxygens (including phenoxy) is 1. The van der Waals surface area contributed by atoms with Gasteiger partial charge in [-0.25, -0.2) is 13.9 Å². The van der Waals surface area contributed by atoms with E-state index in [2.05, 4.69) is 26.1 Å². The summed E-state index contributed by atoms with van der Waals surface area (Å²) in [6.45, 7) is 2.50. The Balaban J connectivity index is 1.23. The van der Waals surface area contributed by atoms with Gasteiger partial charge in [0.15, 0.2) is 0 Å². The Labute approximate surface area is 211 Å². The lowest BCUT2D eigenvalue weighted by Gasteiger charge is -2.14. The Bertz CT molecular complexity index is 1310. The van der Waals surface area contributed by atoms with Crippen LogP contribution < -0.4 is 21.4 Å². The van der Waals surface area contributed by atoms with E-state index in [-0.39, 0.29) is 25.1 Å². The number of aromatic nitrogens is 4. The van der Waals surface area contributed by atoms with Crippen molar-refractivity contribution < 1.29 is 23.6 Å². The number of carbonyl (C=O) groups is 2. The first-order valence-corrected chi connectivity index (χ1v) is 11.6. The molecular formula is C24H25FN8O4. The van der Waals surface area contributed by atoms with Crippen molar-refractivity contribution in [3.05, 3.63) is 66.5 Å². The highest BCUT2D eigenvalue weighted by Gasteiger charge is 2.33. The zero-order valence-electron chi connectivity index (χ0n) is 19.9. The number of benzene rings is 1. The number of nitrogens with one attached hydrogen (secondary N) is 2.